The monoisotopic (exact) mass is 494 g/mol. The van der Waals surface area contributed by atoms with Gasteiger partial charge < -0.3 is 9.88 Å². The molecule has 0 radical (unpaired) electrons. The van der Waals surface area contributed by atoms with E-state index in [-0.39, 0.29) is 12.5 Å². The maximum atomic E-state index is 12.7. The Hall–Kier alpha value is -2.62. The molecule has 178 valence electrons. The van der Waals surface area contributed by atoms with Crippen molar-refractivity contribution < 1.29 is 4.79 Å². The average Bonchev–Trinajstić information content (AvgIpc) is 3.06. The number of aryl methyl sites for hydroxylation is 2. The molecule has 3 rings (SSSR count). The van der Waals surface area contributed by atoms with Gasteiger partial charge in [0.05, 0.1) is 23.8 Å². The van der Waals surface area contributed by atoms with Crippen LogP contribution in [-0.4, -0.2) is 43.0 Å². The number of imidazole rings is 1. The maximum absolute atomic E-state index is 12.7. The summed E-state index contributed by atoms with van der Waals surface area (Å²) in [5, 5.41) is 3.65. The summed E-state index contributed by atoms with van der Waals surface area (Å²) in [6, 6.07) is 4.87. The fourth-order valence-corrected chi connectivity index (χ4v) is 4.13. The number of aromatic amines is 1. The van der Waals surface area contributed by atoms with Gasteiger partial charge in [-0.15, -0.1) is 0 Å². The summed E-state index contributed by atoms with van der Waals surface area (Å²) < 4.78 is 3.19. The molecule has 0 spiro atoms. The van der Waals surface area contributed by atoms with Crippen LogP contribution in [0.2, 0.25) is 10.0 Å². The summed E-state index contributed by atoms with van der Waals surface area (Å²) in [7, 11) is 1.74. The van der Waals surface area contributed by atoms with E-state index in [4.69, 9.17) is 23.2 Å². The molecule has 1 amide bonds. The van der Waals surface area contributed by atoms with Gasteiger partial charge in [0.1, 0.15) is 5.82 Å². The van der Waals surface area contributed by atoms with E-state index in [1.807, 2.05) is 18.7 Å². The largest absolute Gasteiger partial charge is 0.330 e. The number of fused-ring (bicyclic) bond motifs is 1. The number of hydrogen-bond acceptors (Lipinski definition) is 5. The van der Waals surface area contributed by atoms with Crippen molar-refractivity contribution in [1.82, 2.24) is 24.0 Å². The number of carbonyl (C=O) groups excluding carboxylic acids is 1. The number of benzene rings is 1. The number of aromatic nitrogens is 4. The van der Waals surface area contributed by atoms with Crippen molar-refractivity contribution in [2.45, 2.75) is 46.2 Å². The third kappa shape index (κ3) is 5.85. The van der Waals surface area contributed by atoms with Crippen molar-refractivity contribution in [3.8, 4) is 0 Å². The highest BCUT2D eigenvalue weighted by atomic mass is 35.5. The van der Waals surface area contributed by atoms with Crippen molar-refractivity contribution in [1.29, 1.82) is 0 Å². The van der Waals surface area contributed by atoms with Gasteiger partial charge in [-0.3, -0.25) is 24.0 Å². The maximum Gasteiger partial charge on any atom is 0.330 e. The summed E-state index contributed by atoms with van der Waals surface area (Å²) >= 11 is 12.1. The molecule has 0 saturated heterocycles. The van der Waals surface area contributed by atoms with Gasteiger partial charge in [0.2, 0.25) is 5.91 Å². The molecule has 2 N–H and O–H groups in total. The van der Waals surface area contributed by atoms with E-state index in [1.54, 1.807) is 29.8 Å². The summed E-state index contributed by atoms with van der Waals surface area (Å²) in [5.74, 6) is 0.362. The predicted octanol–water partition coefficient (Wildman–Crippen LogP) is 3.38. The van der Waals surface area contributed by atoms with E-state index in [9.17, 15) is 14.4 Å². The summed E-state index contributed by atoms with van der Waals surface area (Å²) in [5.41, 5.74) is 0.256. The summed E-state index contributed by atoms with van der Waals surface area (Å²) in [6.45, 7) is 5.61. The van der Waals surface area contributed by atoms with Crippen LogP contribution >= 0.6 is 23.2 Å². The van der Waals surface area contributed by atoms with E-state index < -0.39 is 11.2 Å². The number of rotatable bonds is 10. The number of hydrogen-bond donors (Lipinski definition) is 2. The molecule has 1 aromatic carbocycles. The van der Waals surface area contributed by atoms with Gasteiger partial charge in [-0.25, -0.2) is 9.78 Å². The lowest BCUT2D eigenvalue weighted by Gasteiger charge is -2.21. The Morgan fingerprint density at radius 3 is 2.64 bits per heavy atom. The number of carbonyl (C=O) groups is 1. The zero-order chi connectivity index (χ0) is 24.1. The van der Waals surface area contributed by atoms with Crippen LogP contribution in [0.4, 0.5) is 5.69 Å². The summed E-state index contributed by atoms with van der Waals surface area (Å²) in [6.07, 6.45) is 2.52. The van der Waals surface area contributed by atoms with E-state index >= 15 is 0 Å². The molecule has 0 fully saturated rings. The molecule has 0 saturated carbocycles. The van der Waals surface area contributed by atoms with Crippen LogP contribution < -0.4 is 16.6 Å². The van der Waals surface area contributed by atoms with E-state index in [0.29, 0.717) is 52.4 Å². The predicted molar refractivity (Wildman–Crippen MR) is 131 cm³/mol. The van der Waals surface area contributed by atoms with Gasteiger partial charge in [-0.05, 0) is 37.6 Å². The van der Waals surface area contributed by atoms with Crippen molar-refractivity contribution in [3.63, 3.8) is 0 Å². The highest BCUT2D eigenvalue weighted by molar-refractivity contribution is 6.36. The number of nitrogens with one attached hydrogen (secondary N) is 2. The van der Waals surface area contributed by atoms with Gasteiger partial charge in [0, 0.05) is 18.6 Å². The van der Waals surface area contributed by atoms with Crippen LogP contribution in [-0.2, 0) is 24.9 Å². The standard InChI is InChI=1S/C22H28Cl2N6O3/c1-4-6-10-30-20-19(21(32)27-22(30)33)28(3)17(26-20)12-29(9-5-2)13-18(31)25-16-8-7-14(23)11-15(16)24/h7-8,11H,4-6,9-10,12-13H2,1-3H3,(H,25,31)(H,27,32,33). The zero-order valence-electron chi connectivity index (χ0n) is 19.0. The highest BCUT2D eigenvalue weighted by Gasteiger charge is 2.19. The van der Waals surface area contributed by atoms with Crippen molar-refractivity contribution in [2.75, 3.05) is 18.4 Å². The third-order valence-electron chi connectivity index (χ3n) is 5.32. The van der Waals surface area contributed by atoms with Crippen LogP contribution in [0.1, 0.15) is 38.9 Å². The van der Waals surface area contributed by atoms with Gasteiger partial charge >= 0.3 is 5.69 Å². The van der Waals surface area contributed by atoms with Crippen LogP contribution in [0.3, 0.4) is 0 Å². The van der Waals surface area contributed by atoms with Crippen molar-refractivity contribution in [3.05, 3.63) is 54.9 Å². The lowest BCUT2D eigenvalue weighted by molar-refractivity contribution is -0.117. The molecule has 11 heteroatoms. The Balaban J connectivity index is 1.85. The molecule has 0 aliphatic carbocycles. The minimum Gasteiger partial charge on any atom is -0.324 e. The molecular formula is C22H28Cl2N6O3. The first-order valence-electron chi connectivity index (χ1n) is 10.9. The molecule has 0 aliphatic rings. The molecule has 33 heavy (non-hydrogen) atoms. The molecule has 9 nitrogen and oxygen atoms in total. The second kappa shape index (κ2) is 11.0. The number of amides is 1. The second-order valence-electron chi connectivity index (χ2n) is 7.91. The third-order valence-corrected chi connectivity index (χ3v) is 5.87. The number of anilines is 1. The lowest BCUT2D eigenvalue weighted by Crippen LogP contribution is -2.34. The van der Waals surface area contributed by atoms with Crippen LogP contribution in [0.25, 0.3) is 11.2 Å². The Labute approximate surface area is 201 Å². The topological polar surface area (TPSA) is 105 Å². The quantitative estimate of drug-likeness (QED) is 0.449. The van der Waals surface area contributed by atoms with E-state index in [2.05, 4.69) is 15.3 Å². The lowest BCUT2D eigenvalue weighted by atomic mass is 10.3. The van der Waals surface area contributed by atoms with Gasteiger partial charge in [-0.2, -0.15) is 0 Å². The van der Waals surface area contributed by atoms with Gasteiger partial charge in [0.25, 0.3) is 5.56 Å². The van der Waals surface area contributed by atoms with Crippen LogP contribution in [0, 0.1) is 0 Å². The Bertz CT molecular complexity index is 1260. The normalized spacial score (nSPS) is 11.5. The number of unbranched alkanes of at least 4 members (excludes halogenated alkanes) is 1. The first-order valence-corrected chi connectivity index (χ1v) is 11.7. The molecule has 2 heterocycles. The number of H-pyrrole nitrogens is 1. The summed E-state index contributed by atoms with van der Waals surface area (Å²) in [4.78, 5) is 46.4. The first kappa shape index (κ1) is 25.0. The molecule has 0 bridgehead atoms. The van der Waals surface area contributed by atoms with Gasteiger partial charge in [-0.1, -0.05) is 43.5 Å². The number of halogens is 2. The molecule has 2 aromatic heterocycles. The minimum atomic E-state index is -0.471. The fraction of sp³-hybridized carbons (Fsp3) is 0.455. The SMILES string of the molecule is CCCCn1c(=O)[nH]c(=O)c2c1nc(CN(CCC)CC(=O)Nc1ccc(Cl)cc1Cl)n2C. The number of nitrogens with zero attached hydrogens (tertiary/aromatic N) is 4. The smallest absolute Gasteiger partial charge is 0.324 e. The molecule has 3 aromatic rings. The highest BCUT2D eigenvalue weighted by Crippen LogP contribution is 2.25. The zero-order valence-corrected chi connectivity index (χ0v) is 20.5. The Kier molecular flexibility index (Phi) is 8.34. The second-order valence-corrected chi connectivity index (χ2v) is 8.75. The fourth-order valence-electron chi connectivity index (χ4n) is 3.67. The van der Waals surface area contributed by atoms with Gasteiger partial charge in [0.15, 0.2) is 11.2 Å². The van der Waals surface area contributed by atoms with Crippen molar-refractivity contribution >= 4 is 46.0 Å². The van der Waals surface area contributed by atoms with Crippen LogP contribution in [0.15, 0.2) is 27.8 Å². The minimum absolute atomic E-state index is 0.106. The van der Waals surface area contributed by atoms with E-state index in [1.165, 1.54) is 4.57 Å². The average molecular weight is 495 g/mol. The van der Waals surface area contributed by atoms with Crippen molar-refractivity contribution in [2.24, 2.45) is 7.05 Å². The molecular weight excluding hydrogens is 467 g/mol. The first-order chi connectivity index (χ1) is 15.7. The Morgan fingerprint density at radius 1 is 1.21 bits per heavy atom. The van der Waals surface area contributed by atoms with Crippen LogP contribution in [0.5, 0.6) is 0 Å². The molecule has 0 atom stereocenters. The molecule has 0 aliphatic heterocycles. The van der Waals surface area contributed by atoms with E-state index in [0.717, 1.165) is 19.3 Å². The molecule has 0 unspecified atom stereocenters. The Morgan fingerprint density at radius 2 is 1.97 bits per heavy atom.